The zero-order valence-corrected chi connectivity index (χ0v) is 16.7. The molecule has 0 saturated carbocycles. The number of hydrogen-bond acceptors (Lipinski definition) is 6. The number of hydrogen-bond donors (Lipinski definition) is 2. The Labute approximate surface area is 163 Å². The van der Waals surface area contributed by atoms with Crippen LogP contribution in [0.2, 0.25) is 0 Å². The SMILES string of the molecule is CN(C)S(=O)(=O)C[C@@H]1COC[C@@H]1NC(=O)CCc1nc2ccccc2[nH]c1=O. The zero-order valence-electron chi connectivity index (χ0n) is 15.8. The van der Waals surface area contributed by atoms with E-state index in [1.54, 1.807) is 12.1 Å². The molecule has 2 aromatic rings. The highest BCUT2D eigenvalue weighted by molar-refractivity contribution is 7.89. The molecule has 0 aliphatic carbocycles. The number of nitrogens with one attached hydrogen (secondary N) is 2. The summed E-state index contributed by atoms with van der Waals surface area (Å²) in [5.41, 5.74) is 1.29. The molecule has 2 N–H and O–H groups in total. The molecule has 2 heterocycles. The number of carbonyl (C=O) groups excluding carboxylic acids is 1. The maximum Gasteiger partial charge on any atom is 0.270 e. The Bertz CT molecular complexity index is 1020. The van der Waals surface area contributed by atoms with Gasteiger partial charge in [-0.25, -0.2) is 17.7 Å². The smallest absolute Gasteiger partial charge is 0.270 e. The molecule has 0 unspecified atom stereocenters. The van der Waals surface area contributed by atoms with Gasteiger partial charge in [-0.3, -0.25) is 9.59 Å². The van der Waals surface area contributed by atoms with Crippen LogP contribution in [0.4, 0.5) is 0 Å². The fourth-order valence-electron chi connectivity index (χ4n) is 3.09. The molecule has 1 fully saturated rings. The summed E-state index contributed by atoms with van der Waals surface area (Å²) in [6, 6.07) is 6.82. The van der Waals surface area contributed by atoms with Crippen LogP contribution in [-0.2, 0) is 26.0 Å². The number of fused-ring (bicyclic) bond motifs is 1. The first-order chi connectivity index (χ1) is 13.3. The standard InChI is InChI=1S/C18H24N4O5S/c1-22(2)28(25,26)11-12-9-27-10-16(12)20-17(23)8-7-15-18(24)21-14-6-4-3-5-13(14)19-15/h3-6,12,16H,7-11H2,1-2H3,(H,20,23)(H,21,24)/t12-,16-/m0/s1. The molecule has 0 bridgehead atoms. The van der Waals surface area contributed by atoms with Gasteiger partial charge in [0.05, 0.1) is 36.0 Å². The number of ether oxygens (including phenoxy) is 1. The van der Waals surface area contributed by atoms with Gasteiger partial charge in [0, 0.05) is 32.9 Å². The number of carbonyl (C=O) groups is 1. The molecule has 1 aliphatic heterocycles. The number of aryl methyl sites for hydroxylation is 1. The molecule has 2 atom stereocenters. The van der Waals surface area contributed by atoms with Gasteiger partial charge in [0.15, 0.2) is 0 Å². The van der Waals surface area contributed by atoms with Crippen LogP contribution in [0.25, 0.3) is 11.0 Å². The van der Waals surface area contributed by atoms with E-state index in [-0.39, 0.29) is 55.2 Å². The molecule has 10 heteroatoms. The minimum Gasteiger partial charge on any atom is -0.379 e. The molecule has 0 spiro atoms. The number of benzene rings is 1. The van der Waals surface area contributed by atoms with Crippen molar-refractivity contribution in [1.29, 1.82) is 0 Å². The number of aromatic amines is 1. The van der Waals surface area contributed by atoms with Gasteiger partial charge in [-0.1, -0.05) is 12.1 Å². The van der Waals surface area contributed by atoms with Crippen LogP contribution in [-0.4, -0.2) is 67.7 Å². The second kappa shape index (κ2) is 8.38. The van der Waals surface area contributed by atoms with Crippen LogP contribution in [0, 0.1) is 5.92 Å². The summed E-state index contributed by atoms with van der Waals surface area (Å²) in [5, 5.41) is 2.83. The van der Waals surface area contributed by atoms with Gasteiger partial charge in [-0.15, -0.1) is 0 Å². The molecule has 1 amide bonds. The van der Waals surface area contributed by atoms with Crippen LogP contribution >= 0.6 is 0 Å². The molecule has 1 aromatic carbocycles. The third-order valence-corrected chi connectivity index (χ3v) is 6.75. The highest BCUT2D eigenvalue weighted by Crippen LogP contribution is 2.17. The summed E-state index contributed by atoms with van der Waals surface area (Å²) < 4.78 is 30.7. The summed E-state index contributed by atoms with van der Waals surface area (Å²) in [6.45, 7) is 0.554. The van der Waals surface area contributed by atoms with Gasteiger partial charge in [0.2, 0.25) is 15.9 Å². The summed E-state index contributed by atoms with van der Waals surface area (Å²) in [6.07, 6.45) is 0.276. The van der Waals surface area contributed by atoms with E-state index in [9.17, 15) is 18.0 Å². The van der Waals surface area contributed by atoms with Crippen LogP contribution < -0.4 is 10.9 Å². The van der Waals surface area contributed by atoms with Gasteiger partial charge >= 0.3 is 0 Å². The predicted molar refractivity (Wildman–Crippen MR) is 104 cm³/mol. The zero-order chi connectivity index (χ0) is 20.3. The first-order valence-corrected chi connectivity index (χ1v) is 10.6. The third-order valence-electron chi connectivity index (χ3n) is 4.78. The number of para-hydroxylation sites is 2. The fourth-order valence-corrected chi connectivity index (χ4v) is 4.26. The molecule has 3 rings (SSSR count). The van der Waals surface area contributed by atoms with E-state index in [4.69, 9.17) is 4.74 Å². The monoisotopic (exact) mass is 408 g/mol. The van der Waals surface area contributed by atoms with Gasteiger partial charge < -0.3 is 15.0 Å². The predicted octanol–water partition coefficient (Wildman–Crippen LogP) is -0.122. The Morgan fingerprint density at radius 1 is 1.32 bits per heavy atom. The number of nitrogens with zero attached hydrogens (tertiary/aromatic N) is 2. The lowest BCUT2D eigenvalue weighted by atomic mass is 10.1. The van der Waals surface area contributed by atoms with E-state index in [0.717, 1.165) is 0 Å². The number of aromatic nitrogens is 2. The number of sulfonamides is 1. The summed E-state index contributed by atoms with van der Waals surface area (Å²) in [7, 11) is -0.427. The van der Waals surface area contributed by atoms with Crippen molar-refractivity contribution in [2.45, 2.75) is 18.9 Å². The fraction of sp³-hybridized carbons (Fsp3) is 0.500. The highest BCUT2D eigenvalue weighted by atomic mass is 32.2. The molecule has 9 nitrogen and oxygen atoms in total. The molecule has 1 aromatic heterocycles. The van der Waals surface area contributed by atoms with Crippen molar-refractivity contribution in [1.82, 2.24) is 19.6 Å². The van der Waals surface area contributed by atoms with Crippen molar-refractivity contribution in [3.05, 3.63) is 40.3 Å². The van der Waals surface area contributed by atoms with Crippen molar-refractivity contribution < 1.29 is 17.9 Å². The molecular weight excluding hydrogens is 384 g/mol. The van der Waals surface area contributed by atoms with E-state index >= 15 is 0 Å². The molecule has 1 saturated heterocycles. The van der Waals surface area contributed by atoms with Gasteiger partial charge in [-0.2, -0.15) is 0 Å². The maximum atomic E-state index is 12.3. The van der Waals surface area contributed by atoms with Gasteiger partial charge in [0.25, 0.3) is 5.56 Å². The third kappa shape index (κ3) is 4.75. The quantitative estimate of drug-likeness (QED) is 0.659. The molecule has 152 valence electrons. The van der Waals surface area contributed by atoms with Crippen molar-refractivity contribution in [3.8, 4) is 0 Å². The van der Waals surface area contributed by atoms with Crippen LogP contribution in [0.15, 0.2) is 29.1 Å². The van der Waals surface area contributed by atoms with Crippen LogP contribution in [0.5, 0.6) is 0 Å². The van der Waals surface area contributed by atoms with Crippen molar-refractivity contribution in [2.75, 3.05) is 33.1 Å². The van der Waals surface area contributed by atoms with Crippen molar-refractivity contribution in [3.63, 3.8) is 0 Å². The van der Waals surface area contributed by atoms with Crippen molar-refractivity contribution >= 4 is 27.0 Å². The first kappa shape index (κ1) is 20.4. The van der Waals surface area contributed by atoms with Crippen LogP contribution in [0.3, 0.4) is 0 Å². The van der Waals surface area contributed by atoms with Gasteiger partial charge in [0.1, 0.15) is 5.69 Å². The average Bonchev–Trinajstić information content (AvgIpc) is 3.05. The minimum atomic E-state index is -3.39. The Morgan fingerprint density at radius 2 is 2.07 bits per heavy atom. The molecule has 0 radical (unpaired) electrons. The number of H-pyrrole nitrogens is 1. The Hall–Kier alpha value is -2.30. The average molecular weight is 408 g/mol. The second-order valence-corrected chi connectivity index (χ2v) is 9.29. The normalized spacial score (nSPS) is 20.0. The summed E-state index contributed by atoms with van der Waals surface area (Å²) in [5.74, 6) is -0.660. The molecule has 1 aliphatic rings. The Kier molecular flexibility index (Phi) is 6.11. The molecular formula is C18H24N4O5S. The topological polar surface area (TPSA) is 121 Å². The van der Waals surface area contributed by atoms with E-state index in [1.165, 1.54) is 18.4 Å². The first-order valence-electron chi connectivity index (χ1n) is 9.01. The van der Waals surface area contributed by atoms with E-state index in [2.05, 4.69) is 15.3 Å². The van der Waals surface area contributed by atoms with Crippen LogP contribution in [0.1, 0.15) is 12.1 Å². The van der Waals surface area contributed by atoms with E-state index in [0.29, 0.717) is 16.7 Å². The minimum absolute atomic E-state index is 0.0814. The Balaban J connectivity index is 1.60. The van der Waals surface area contributed by atoms with E-state index in [1.807, 2.05) is 12.1 Å². The summed E-state index contributed by atoms with van der Waals surface area (Å²) in [4.78, 5) is 31.5. The maximum absolute atomic E-state index is 12.3. The highest BCUT2D eigenvalue weighted by Gasteiger charge is 2.34. The number of amides is 1. The van der Waals surface area contributed by atoms with Crippen molar-refractivity contribution in [2.24, 2.45) is 5.92 Å². The second-order valence-electron chi connectivity index (χ2n) is 7.06. The number of rotatable bonds is 7. The van der Waals surface area contributed by atoms with Gasteiger partial charge in [-0.05, 0) is 12.1 Å². The molecule has 28 heavy (non-hydrogen) atoms. The lowest BCUT2D eigenvalue weighted by Gasteiger charge is -2.21. The largest absolute Gasteiger partial charge is 0.379 e. The lowest BCUT2D eigenvalue weighted by molar-refractivity contribution is -0.122. The van der Waals surface area contributed by atoms with E-state index < -0.39 is 10.0 Å². The lowest BCUT2D eigenvalue weighted by Crippen LogP contribution is -2.43. The Morgan fingerprint density at radius 3 is 2.82 bits per heavy atom. The summed E-state index contributed by atoms with van der Waals surface area (Å²) >= 11 is 0.